The Hall–Kier alpha value is -1.43. The van der Waals surface area contributed by atoms with E-state index in [4.69, 9.17) is 12.2 Å². The molecule has 3 rings (SSSR count). The highest BCUT2D eigenvalue weighted by Crippen LogP contribution is 2.32. The first-order valence-electron chi connectivity index (χ1n) is 6.32. The summed E-state index contributed by atoms with van der Waals surface area (Å²) in [6, 6.07) is 2.17. The third kappa shape index (κ3) is 2.25. The van der Waals surface area contributed by atoms with Crippen LogP contribution in [0.1, 0.15) is 19.3 Å². The zero-order valence-corrected chi connectivity index (χ0v) is 10.9. The van der Waals surface area contributed by atoms with Crippen molar-refractivity contribution in [2.75, 3.05) is 18.4 Å². The summed E-state index contributed by atoms with van der Waals surface area (Å²) in [4.78, 5) is 20.8. The molecule has 2 heterocycles. The molecule has 1 aromatic rings. The number of aromatic nitrogens is 2. The van der Waals surface area contributed by atoms with E-state index < -0.39 is 0 Å². The monoisotopic (exact) mass is 264 g/mol. The van der Waals surface area contributed by atoms with Crippen LogP contribution in [0.15, 0.2) is 12.4 Å². The van der Waals surface area contributed by atoms with Crippen LogP contribution in [0.3, 0.4) is 0 Å². The van der Waals surface area contributed by atoms with Gasteiger partial charge in [0.05, 0.1) is 6.33 Å². The van der Waals surface area contributed by atoms with Crippen molar-refractivity contribution in [1.29, 1.82) is 0 Å². The number of H-pyrrole nitrogens is 1. The molecular weight excluding hydrogens is 248 g/mol. The molecule has 1 aliphatic carbocycles. The number of hydrogen-bond acceptors (Lipinski definition) is 4. The Bertz CT molecular complexity index is 505. The second-order valence-electron chi connectivity index (χ2n) is 4.99. The minimum atomic E-state index is 0.215. The van der Waals surface area contributed by atoms with Gasteiger partial charge in [-0.25, -0.2) is 4.98 Å². The highest BCUT2D eigenvalue weighted by atomic mass is 32.1. The summed E-state index contributed by atoms with van der Waals surface area (Å²) >= 11 is 5.00. The van der Waals surface area contributed by atoms with Gasteiger partial charge in [0.1, 0.15) is 10.5 Å². The molecule has 0 unspecified atom stereocenters. The SMILES string of the molecule is O=C(C1CC(Nc2cc(=S)nc[nH]2)C1)N1CCC1. The van der Waals surface area contributed by atoms with Crippen molar-refractivity contribution in [2.45, 2.75) is 25.3 Å². The van der Waals surface area contributed by atoms with Crippen molar-refractivity contribution in [2.24, 2.45) is 5.92 Å². The van der Waals surface area contributed by atoms with Gasteiger partial charge in [0.25, 0.3) is 0 Å². The molecule has 18 heavy (non-hydrogen) atoms. The maximum absolute atomic E-state index is 11.9. The Morgan fingerprint density at radius 3 is 2.89 bits per heavy atom. The van der Waals surface area contributed by atoms with Crippen LogP contribution in [0.4, 0.5) is 5.82 Å². The predicted molar refractivity (Wildman–Crippen MR) is 70.8 cm³/mol. The number of nitrogens with zero attached hydrogens (tertiary/aromatic N) is 2. The number of carbonyl (C=O) groups is 1. The molecule has 2 N–H and O–H groups in total. The normalized spacial score (nSPS) is 26.1. The number of carbonyl (C=O) groups excluding carboxylic acids is 1. The van der Waals surface area contributed by atoms with Crippen LogP contribution in [-0.2, 0) is 4.79 Å². The lowest BCUT2D eigenvalue weighted by molar-refractivity contribution is -0.142. The summed E-state index contributed by atoms with van der Waals surface area (Å²) in [5.41, 5.74) is 0. The minimum Gasteiger partial charge on any atom is -0.369 e. The van der Waals surface area contributed by atoms with Crippen LogP contribution in [0, 0.1) is 10.6 Å². The summed E-state index contributed by atoms with van der Waals surface area (Å²) in [6.45, 7) is 1.90. The van der Waals surface area contributed by atoms with Gasteiger partial charge in [-0.05, 0) is 19.3 Å². The van der Waals surface area contributed by atoms with Gasteiger partial charge in [-0.15, -0.1) is 0 Å². The maximum Gasteiger partial charge on any atom is 0.225 e. The Morgan fingerprint density at radius 1 is 1.50 bits per heavy atom. The summed E-state index contributed by atoms with van der Waals surface area (Å²) in [5.74, 6) is 1.43. The van der Waals surface area contributed by atoms with Crippen LogP contribution in [0.5, 0.6) is 0 Å². The van der Waals surface area contributed by atoms with E-state index in [0.29, 0.717) is 16.6 Å². The molecule has 1 aliphatic heterocycles. The molecule has 96 valence electrons. The van der Waals surface area contributed by atoms with Crippen LogP contribution >= 0.6 is 12.2 Å². The molecule has 1 aromatic heterocycles. The molecule has 0 aromatic carbocycles. The Balaban J connectivity index is 1.50. The van der Waals surface area contributed by atoms with Crippen LogP contribution in [0.2, 0.25) is 0 Å². The average molecular weight is 264 g/mol. The van der Waals surface area contributed by atoms with Gasteiger partial charge in [0.15, 0.2) is 0 Å². The fourth-order valence-corrected chi connectivity index (χ4v) is 2.57. The number of rotatable bonds is 3. The van der Waals surface area contributed by atoms with Crippen molar-refractivity contribution in [1.82, 2.24) is 14.9 Å². The van der Waals surface area contributed by atoms with Gasteiger partial charge in [-0.3, -0.25) is 4.79 Å². The molecule has 0 radical (unpaired) electrons. The first-order chi connectivity index (χ1) is 8.72. The number of nitrogens with one attached hydrogen (secondary N) is 2. The number of anilines is 1. The molecule has 0 spiro atoms. The topological polar surface area (TPSA) is 61.0 Å². The van der Waals surface area contributed by atoms with E-state index in [9.17, 15) is 4.79 Å². The van der Waals surface area contributed by atoms with E-state index in [1.807, 2.05) is 4.90 Å². The molecule has 0 bridgehead atoms. The van der Waals surface area contributed by atoms with Gasteiger partial charge in [0, 0.05) is 31.1 Å². The van der Waals surface area contributed by atoms with E-state index >= 15 is 0 Å². The number of aromatic amines is 1. The number of likely N-dealkylation sites (tertiary alicyclic amines) is 1. The third-order valence-electron chi connectivity index (χ3n) is 3.69. The average Bonchev–Trinajstić information content (AvgIpc) is 2.20. The predicted octanol–water partition coefficient (Wildman–Crippen LogP) is 1.56. The van der Waals surface area contributed by atoms with Gasteiger partial charge in [0.2, 0.25) is 5.91 Å². The molecule has 0 atom stereocenters. The van der Waals surface area contributed by atoms with Gasteiger partial charge in [-0.1, -0.05) is 12.2 Å². The van der Waals surface area contributed by atoms with Crippen molar-refractivity contribution in [3.05, 3.63) is 17.0 Å². The van der Waals surface area contributed by atoms with E-state index in [2.05, 4.69) is 15.3 Å². The standard InChI is InChI=1S/C12H16N4OS/c17-12(16-2-1-3-16)8-4-9(5-8)15-10-6-11(18)14-7-13-10/h6-9H,1-5H2,(H2,13,14,15,18). The Kier molecular flexibility index (Phi) is 3.03. The summed E-state index contributed by atoms with van der Waals surface area (Å²) in [7, 11) is 0. The van der Waals surface area contributed by atoms with E-state index in [-0.39, 0.29) is 5.92 Å². The quantitative estimate of drug-likeness (QED) is 0.813. The molecule has 2 fully saturated rings. The Labute approximate surface area is 111 Å². The molecule has 5 nitrogen and oxygen atoms in total. The Morgan fingerprint density at radius 2 is 2.28 bits per heavy atom. The van der Waals surface area contributed by atoms with E-state index in [1.54, 1.807) is 12.4 Å². The first-order valence-corrected chi connectivity index (χ1v) is 6.73. The molecule has 1 saturated carbocycles. The van der Waals surface area contributed by atoms with Crippen LogP contribution < -0.4 is 5.32 Å². The smallest absolute Gasteiger partial charge is 0.225 e. The lowest BCUT2D eigenvalue weighted by Crippen LogP contribution is -2.50. The van der Waals surface area contributed by atoms with Crippen molar-refractivity contribution < 1.29 is 4.79 Å². The van der Waals surface area contributed by atoms with Crippen LogP contribution in [-0.4, -0.2) is 39.9 Å². The minimum absolute atomic E-state index is 0.215. The van der Waals surface area contributed by atoms with Crippen molar-refractivity contribution in [3.63, 3.8) is 0 Å². The number of amides is 1. The maximum atomic E-state index is 11.9. The number of hydrogen-bond donors (Lipinski definition) is 2. The largest absolute Gasteiger partial charge is 0.369 e. The zero-order chi connectivity index (χ0) is 12.5. The summed E-state index contributed by atoms with van der Waals surface area (Å²) < 4.78 is 0.573. The summed E-state index contributed by atoms with van der Waals surface area (Å²) in [6.07, 6.45) is 4.58. The van der Waals surface area contributed by atoms with Crippen molar-refractivity contribution >= 4 is 23.9 Å². The highest BCUT2D eigenvalue weighted by Gasteiger charge is 2.38. The first kappa shape index (κ1) is 11.6. The fraction of sp³-hybridized carbons (Fsp3) is 0.583. The highest BCUT2D eigenvalue weighted by molar-refractivity contribution is 7.71. The van der Waals surface area contributed by atoms with E-state index in [1.165, 1.54) is 0 Å². The summed E-state index contributed by atoms with van der Waals surface area (Å²) in [5, 5.41) is 3.35. The van der Waals surface area contributed by atoms with E-state index in [0.717, 1.165) is 38.2 Å². The molecule has 6 heteroatoms. The molecular formula is C12H16N4OS. The van der Waals surface area contributed by atoms with Crippen LogP contribution in [0.25, 0.3) is 0 Å². The van der Waals surface area contributed by atoms with Gasteiger partial charge < -0.3 is 15.2 Å². The fourth-order valence-electron chi connectivity index (χ4n) is 2.40. The van der Waals surface area contributed by atoms with Gasteiger partial charge >= 0.3 is 0 Å². The second kappa shape index (κ2) is 4.68. The zero-order valence-electron chi connectivity index (χ0n) is 10.1. The molecule has 2 aliphatic rings. The third-order valence-corrected chi connectivity index (χ3v) is 3.92. The molecule has 1 amide bonds. The van der Waals surface area contributed by atoms with Gasteiger partial charge in [-0.2, -0.15) is 0 Å². The second-order valence-corrected chi connectivity index (χ2v) is 5.41. The van der Waals surface area contributed by atoms with Crippen molar-refractivity contribution in [3.8, 4) is 0 Å². The lowest BCUT2D eigenvalue weighted by atomic mass is 9.79. The molecule has 1 saturated heterocycles. The lowest BCUT2D eigenvalue weighted by Gasteiger charge is -2.41.